The third-order valence-corrected chi connectivity index (χ3v) is 13.0. The quantitative estimate of drug-likeness (QED) is 0.0634. The Hall–Kier alpha value is -4.36. The Labute approximate surface area is 419 Å². The second kappa shape index (κ2) is 23.5. The predicted octanol–water partition coefficient (Wildman–Crippen LogP) is -6.36. The van der Waals surface area contributed by atoms with Crippen LogP contribution in [0.25, 0.3) is 0 Å². The van der Waals surface area contributed by atoms with Gasteiger partial charge in [-0.05, 0) is 72.5 Å². The van der Waals surface area contributed by atoms with E-state index in [0.717, 1.165) is 0 Å². The van der Waals surface area contributed by atoms with Crippen molar-refractivity contribution in [3.05, 3.63) is 94.0 Å². The molecule has 3 aromatic carbocycles. The molecule has 0 aliphatic carbocycles. The SMILES string of the molecule is Cc1cc(CO[C@]2(CO)O[C@@H](O)[C@H](O)[C@H](O)[C@@H]2O[C@@H]2O[C@H](O)[C@@H](O)[C@H](O)[C@H]2O)ccc1NC(=O)c1ccc(C(=O)Nc2ccc(CO[C@]3(CO)O[C@@H](O)[C@H](O)[C@H](O)[C@@H]3O[C@@H]3O[C@H](O)[C@@H](O)[C@H](O)[C@H]3O)cc2C)cc1. The first-order valence-corrected chi connectivity index (χ1v) is 22.9. The van der Waals surface area contributed by atoms with E-state index in [9.17, 15) is 91.3 Å². The number of benzene rings is 3. The molecular formula is C46H60N2O26. The van der Waals surface area contributed by atoms with Crippen molar-refractivity contribution in [2.24, 2.45) is 0 Å². The first kappa shape index (κ1) is 57.3. The van der Waals surface area contributed by atoms with Crippen molar-refractivity contribution in [2.75, 3.05) is 23.8 Å². The molecule has 74 heavy (non-hydrogen) atoms. The van der Waals surface area contributed by atoms with Crippen molar-refractivity contribution in [1.82, 2.24) is 0 Å². The number of rotatable bonds is 16. The summed E-state index contributed by atoms with van der Waals surface area (Å²) in [6.45, 7) is 0.233. The minimum absolute atomic E-state index is 0.168. The number of hydrogen-bond donors (Lipinski definition) is 18. The van der Waals surface area contributed by atoms with E-state index in [1.54, 1.807) is 26.0 Å². The van der Waals surface area contributed by atoms with Crippen molar-refractivity contribution in [3.63, 3.8) is 0 Å². The lowest BCUT2D eigenvalue weighted by atomic mass is 9.95. The summed E-state index contributed by atoms with van der Waals surface area (Å²) in [6.07, 6.45) is -36.1. The molecule has 0 aromatic heterocycles. The van der Waals surface area contributed by atoms with Gasteiger partial charge in [-0.3, -0.25) is 9.59 Å². The Kier molecular flexibility index (Phi) is 18.2. The highest BCUT2D eigenvalue weighted by Gasteiger charge is 2.60. The number of nitrogens with one attached hydrogen (secondary N) is 2. The maximum Gasteiger partial charge on any atom is 0.255 e. The van der Waals surface area contributed by atoms with Crippen molar-refractivity contribution >= 4 is 23.2 Å². The Bertz CT molecular complexity index is 2240. The fourth-order valence-corrected chi connectivity index (χ4v) is 8.50. The van der Waals surface area contributed by atoms with Gasteiger partial charge in [-0.2, -0.15) is 0 Å². The Morgan fingerprint density at radius 3 is 1.14 bits per heavy atom. The van der Waals surface area contributed by atoms with Crippen LogP contribution in [0.5, 0.6) is 0 Å². The van der Waals surface area contributed by atoms with Gasteiger partial charge in [0, 0.05) is 22.5 Å². The molecule has 0 unspecified atom stereocenters. The largest absolute Gasteiger partial charge is 0.391 e. The topological polar surface area (TPSA) is 456 Å². The summed E-state index contributed by atoms with van der Waals surface area (Å²) in [6, 6.07) is 14.9. The molecule has 4 fully saturated rings. The van der Waals surface area contributed by atoms with Gasteiger partial charge in [0.05, 0.1) is 13.2 Å². The number of carbonyl (C=O) groups excluding carboxylic acids is 2. The molecule has 0 spiro atoms. The first-order valence-electron chi connectivity index (χ1n) is 22.9. The monoisotopic (exact) mass is 1060 g/mol. The molecule has 20 atom stereocenters. The molecular weight excluding hydrogens is 996 g/mol. The number of amides is 2. The lowest BCUT2D eigenvalue weighted by molar-refractivity contribution is -0.437. The van der Waals surface area contributed by atoms with Crippen LogP contribution in [-0.4, -0.2) is 229 Å². The minimum atomic E-state index is -2.45. The van der Waals surface area contributed by atoms with Gasteiger partial charge in [-0.1, -0.05) is 24.3 Å². The Balaban J connectivity index is 0.946. The van der Waals surface area contributed by atoms with Gasteiger partial charge >= 0.3 is 0 Å². The standard InChI is InChI=1S/C46H60N2O26/c1-17-11-19(13-67-45(15-49)35(27(53)31(57)41(65)73-45)69-43-33(59)25(51)29(55)39(63)71-43)3-9-23(17)47-37(61)21-5-7-22(8-6-21)38(62)48-24-10-4-20(12-18(24)2)14-68-46(16-50)36(28(54)32(58)42(66)74-46)70-44-34(60)26(52)30(56)40(64)72-44/h3-12,25-36,39-44,49-60,63-66H,13-16H2,1-2H3,(H,47,61)(H,48,62)/t25-,26-,27-,28-,29-,30-,31+,32+,33+,34+,35-,36-,39-,40-,41+,42+,43+,44+,45+,46+/m0/s1. The molecule has 7 rings (SSSR count). The second-order valence-corrected chi connectivity index (χ2v) is 18.1. The van der Waals surface area contributed by atoms with Crippen LogP contribution >= 0.6 is 0 Å². The molecule has 3 aromatic rings. The third kappa shape index (κ3) is 11.8. The van der Waals surface area contributed by atoms with Crippen molar-refractivity contribution in [2.45, 2.75) is 150 Å². The highest BCUT2D eigenvalue weighted by Crippen LogP contribution is 2.38. The van der Waals surface area contributed by atoms with E-state index in [2.05, 4.69) is 10.6 Å². The molecule has 4 saturated heterocycles. The molecule has 2 amide bonds. The molecule has 410 valence electrons. The number of anilines is 2. The molecule has 4 aliphatic heterocycles. The van der Waals surface area contributed by atoms with Crippen LogP contribution in [0.4, 0.5) is 11.4 Å². The van der Waals surface area contributed by atoms with Crippen LogP contribution in [-0.2, 0) is 51.1 Å². The third-order valence-electron chi connectivity index (χ3n) is 13.0. The molecule has 4 aliphatic rings. The van der Waals surface area contributed by atoms with Crippen LogP contribution in [0, 0.1) is 13.8 Å². The highest BCUT2D eigenvalue weighted by atomic mass is 16.8. The number of aryl methyl sites for hydroxylation is 2. The van der Waals surface area contributed by atoms with E-state index in [1.165, 1.54) is 48.5 Å². The van der Waals surface area contributed by atoms with Crippen molar-refractivity contribution in [3.8, 4) is 0 Å². The summed E-state index contributed by atoms with van der Waals surface area (Å²) in [7, 11) is 0. The van der Waals surface area contributed by atoms with Gasteiger partial charge in [0.2, 0.25) is 11.6 Å². The number of ether oxygens (including phenoxy) is 8. The second-order valence-electron chi connectivity index (χ2n) is 18.1. The zero-order chi connectivity index (χ0) is 54.1. The van der Waals surface area contributed by atoms with E-state index < -0.39 is 161 Å². The zero-order valence-electron chi connectivity index (χ0n) is 39.2. The van der Waals surface area contributed by atoms with Crippen molar-refractivity contribution in [1.29, 1.82) is 0 Å². The molecule has 28 heteroatoms. The number of aliphatic hydroxyl groups is 16. The molecule has 18 N–H and O–H groups in total. The van der Waals surface area contributed by atoms with Gasteiger partial charge < -0.3 is 130 Å². The number of hydrogen-bond acceptors (Lipinski definition) is 26. The van der Waals surface area contributed by atoms with E-state index in [1.807, 2.05) is 0 Å². The maximum absolute atomic E-state index is 13.3. The average Bonchev–Trinajstić information content (AvgIpc) is 3.38. The van der Waals surface area contributed by atoms with Gasteiger partial charge in [0.15, 0.2) is 37.7 Å². The van der Waals surface area contributed by atoms with Crippen LogP contribution < -0.4 is 10.6 Å². The number of carbonyl (C=O) groups is 2. The molecule has 0 bridgehead atoms. The summed E-state index contributed by atoms with van der Waals surface area (Å²) in [5, 5.41) is 170. The summed E-state index contributed by atoms with van der Waals surface area (Å²) in [5.41, 5.74) is 2.86. The lowest BCUT2D eigenvalue weighted by Crippen LogP contribution is -2.69. The van der Waals surface area contributed by atoms with Crippen LogP contribution in [0.3, 0.4) is 0 Å². The van der Waals surface area contributed by atoms with E-state index in [-0.39, 0.29) is 11.1 Å². The van der Waals surface area contributed by atoms with E-state index in [4.69, 9.17) is 37.9 Å². The van der Waals surface area contributed by atoms with Gasteiger partial charge in [0.1, 0.15) is 86.5 Å². The lowest BCUT2D eigenvalue weighted by Gasteiger charge is -2.49. The Morgan fingerprint density at radius 2 is 0.811 bits per heavy atom. The van der Waals surface area contributed by atoms with Crippen LogP contribution in [0.2, 0.25) is 0 Å². The van der Waals surface area contributed by atoms with Gasteiger partial charge in [-0.25, -0.2) is 0 Å². The molecule has 28 nitrogen and oxygen atoms in total. The van der Waals surface area contributed by atoms with E-state index in [0.29, 0.717) is 33.6 Å². The summed E-state index contributed by atoms with van der Waals surface area (Å²) < 4.78 is 43.5. The summed E-state index contributed by atoms with van der Waals surface area (Å²) >= 11 is 0. The van der Waals surface area contributed by atoms with E-state index >= 15 is 0 Å². The normalized spacial score (nSPS) is 38.6. The first-order chi connectivity index (χ1) is 34.9. The zero-order valence-corrected chi connectivity index (χ0v) is 39.2. The smallest absolute Gasteiger partial charge is 0.255 e. The fraction of sp³-hybridized carbons (Fsp3) is 0.565. The minimum Gasteiger partial charge on any atom is -0.391 e. The average molecular weight is 1060 g/mol. The summed E-state index contributed by atoms with van der Waals surface area (Å²) in [4.78, 5) is 26.7. The van der Waals surface area contributed by atoms with Crippen LogP contribution in [0.15, 0.2) is 60.7 Å². The highest BCUT2D eigenvalue weighted by molar-refractivity contribution is 6.07. The fourth-order valence-electron chi connectivity index (χ4n) is 8.50. The van der Waals surface area contributed by atoms with Gasteiger partial charge in [0.25, 0.3) is 11.8 Å². The maximum atomic E-state index is 13.3. The van der Waals surface area contributed by atoms with Crippen molar-refractivity contribution < 1.29 is 129 Å². The summed E-state index contributed by atoms with van der Waals surface area (Å²) in [5.74, 6) is -6.01. The van der Waals surface area contributed by atoms with Crippen LogP contribution in [0.1, 0.15) is 43.0 Å². The molecule has 0 radical (unpaired) electrons. The number of aliphatic hydroxyl groups excluding tert-OH is 16. The Morgan fingerprint density at radius 1 is 0.473 bits per heavy atom. The predicted molar refractivity (Wildman–Crippen MR) is 240 cm³/mol. The molecule has 4 heterocycles. The molecule has 0 saturated carbocycles. The van der Waals surface area contributed by atoms with Gasteiger partial charge in [-0.15, -0.1) is 0 Å².